The van der Waals surface area contributed by atoms with Crippen LogP contribution in [-0.4, -0.2) is 42.8 Å². The topological polar surface area (TPSA) is 15.3 Å². The van der Waals surface area contributed by atoms with Crippen LogP contribution in [0.25, 0.3) is 0 Å². The third-order valence-corrected chi connectivity index (χ3v) is 3.74. The Morgan fingerprint density at radius 1 is 1.24 bits per heavy atom. The maximum Gasteiger partial charge on any atom is 0.390 e. The number of hydrogen-bond acceptors (Lipinski definition) is 2. The molecule has 0 atom stereocenters. The summed E-state index contributed by atoms with van der Waals surface area (Å²) in [6.45, 7) is 6.74. The summed E-state index contributed by atoms with van der Waals surface area (Å²) < 4.78 is 36.7. The van der Waals surface area contributed by atoms with Crippen LogP contribution in [0.5, 0.6) is 0 Å². The van der Waals surface area contributed by atoms with E-state index in [1.54, 1.807) is 0 Å². The first-order valence-electron chi connectivity index (χ1n) is 6.45. The van der Waals surface area contributed by atoms with Gasteiger partial charge in [-0.1, -0.05) is 13.8 Å². The zero-order valence-corrected chi connectivity index (χ0v) is 10.7. The molecule has 102 valence electrons. The number of nitrogens with one attached hydrogen (secondary N) is 1. The molecule has 1 rings (SSSR count). The Morgan fingerprint density at radius 2 is 1.88 bits per heavy atom. The Morgan fingerprint density at radius 3 is 2.41 bits per heavy atom. The molecule has 1 saturated heterocycles. The van der Waals surface area contributed by atoms with E-state index in [2.05, 4.69) is 19.2 Å². The van der Waals surface area contributed by atoms with Crippen LogP contribution in [0.2, 0.25) is 0 Å². The maximum absolute atomic E-state index is 12.2. The molecule has 0 unspecified atom stereocenters. The minimum atomic E-state index is -4.04. The van der Waals surface area contributed by atoms with Gasteiger partial charge in [0.1, 0.15) is 0 Å². The summed E-state index contributed by atoms with van der Waals surface area (Å²) in [5.41, 5.74) is 0.00208. The number of nitrogens with zero attached hydrogens (tertiary/aromatic N) is 1. The van der Waals surface area contributed by atoms with Crippen molar-refractivity contribution in [2.45, 2.75) is 51.2 Å². The van der Waals surface area contributed by atoms with Crippen molar-refractivity contribution >= 4 is 0 Å². The number of alkyl halides is 3. The van der Waals surface area contributed by atoms with E-state index in [4.69, 9.17) is 0 Å². The van der Waals surface area contributed by atoms with E-state index in [-0.39, 0.29) is 12.1 Å². The molecule has 0 amide bonds. The molecule has 2 nitrogen and oxygen atoms in total. The Kier molecular flexibility index (Phi) is 5.25. The van der Waals surface area contributed by atoms with Gasteiger partial charge < -0.3 is 10.2 Å². The van der Waals surface area contributed by atoms with Gasteiger partial charge in [-0.3, -0.25) is 0 Å². The number of rotatable bonds is 4. The fourth-order valence-corrected chi connectivity index (χ4v) is 2.42. The molecule has 1 aliphatic heterocycles. The van der Waals surface area contributed by atoms with E-state index >= 15 is 0 Å². The van der Waals surface area contributed by atoms with Gasteiger partial charge in [0.05, 0.1) is 6.42 Å². The van der Waals surface area contributed by atoms with Gasteiger partial charge in [-0.2, -0.15) is 13.2 Å². The molecule has 17 heavy (non-hydrogen) atoms. The van der Waals surface area contributed by atoms with E-state index in [1.165, 1.54) is 0 Å². The molecule has 1 fully saturated rings. The van der Waals surface area contributed by atoms with Gasteiger partial charge in [-0.05, 0) is 32.4 Å². The van der Waals surface area contributed by atoms with Crippen LogP contribution < -0.4 is 5.32 Å². The van der Waals surface area contributed by atoms with E-state index < -0.39 is 12.6 Å². The summed E-state index contributed by atoms with van der Waals surface area (Å²) >= 11 is 0. The molecule has 0 aliphatic carbocycles. The average Bonchev–Trinajstić information content (AvgIpc) is 2.48. The smallest absolute Gasteiger partial charge is 0.310 e. The molecule has 1 heterocycles. The normalized spacial score (nSPS) is 22.4. The monoisotopic (exact) mass is 252 g/mol. The fraction of sp³-hybridized carbons (Fsp3) is 1.00. The van der Waals surface area contributed by atoms with Crippen molar-refractivity contribution in [2.24, 2.45) is 0 Å². The van der Waals surface area contributed by atoms with E-state index in [1.807, 2.05) is 4.90 Å². The Balaban J connectivity index is 2.54. The van der Waals surface area contributed by atoms with Gasteiger partial charge in [0, 0.05) is 18.6 Å². The van der Waals surface area contributed by atoms with E-state index in [0.717, 1.165) is 38.9 Å². The van der Waals surface area contributed by atoms with Gasteiger partial charge in [0.2, 0.25) is 0 Å². The van der Waals surface area contributed by atoms with Crippen molar-refractivity contribution in [3.05, 3.63) is 0 Å². The zero-order valence-electron chi connectivity index (χ0n) is 10.7. The van der Waals surface area contributed by atoms with Gasteiger partial charge in [-0.15, -0.1) is 0 Å². The molecule has 0 bridgehead atoms. The predicted molar refractivity (Wildman–Crippen MR) is 63.0 cm³/mol. The molecule has 0 aromatic rings. The second kappa shape index (κ2) is 6.05. The lowest BCUT2D eigenvalue weighted by Gasteiger charge is -2.35. The van der Waals surface area contributed by atoms with Crippen LogP contribution in [-0.2, 0) is 0 Å². The minimum absolute atomic E-state index is 0.00208. The summed E-state index contributed by atoms with van der Waals surface area (Å²) in [7, 11) is 0. The van der Waals surface area contributed by atoms with Crippen LogP contribution in [0.1, 0.15) is 39.5 Å². The van der Waals surface area contributed by atoms with Crippen molar-refractivity contribution < 1.29 is 13.2 Å². The Labute approximate surface area is 102 Å². The molecule has 0 saturated carbocycles. The molecule has 0 radical (unpaired) electrons. The standard InChI is InChI=1S/C12H23F3N2/c1-3-11(4-2)10-17(8-5-7-16-11)9-6-12(13,14)15/h16H,3-10H2,1-2H3. The second-order valence-electron chi connectivity index (χ2n) is 4.91. The van der Waals surface area contributed by atoms with Crippen LogP contribution >= 0.6 is 0 Å². The zero-order chi connectivity index (χ0) is 12.9. The third-order valence-electron chi connectivity index (χ3n) is 3.74. The molecule has 0 aromatic carbocycles. The van der Waals surface area contributed by atoms with Crippen LogP contribution in [0, 0.1) is 0 Å². The lowest BCUT2D eigenvalue weighted by molar-refractivity contribution is -0.138. The van der Waals surface area contributed by atoms with Gasteiger partial charge in [-0.25, -0.2) is 0 Å². The summed E-state index contributed by atoms with van der Waals surface area (Å²) in [6, 6.07) is 0. The summed E-state index contributed by atoms with van der Waals surface area (Å²) in [4.78, 5) is 1.96. The molecular formula is C12H23F3N2. The van der Waals surface area contributed by atoms with Crippen molar-refractivity contribution in [3.8, 4) is 0 Å². The molecular weight excluding hydrogens is 229 g/mol. The summed E-state index contributed by atoms with van der Waals surface area (Å²) in [5.74, 6) is 0. The maximum atomic E-state index is 12.2. The van der Waals surface area contributed by atoms with Gasteiger partial charge in [0.25, 0.3) is 0 Å². The van der Waals surface area contributed by atoms with Gasteiger partial charge in [0.15, 0.2) is 0 Å². The van der Waals surface area contributed by atoms with E-state index in [0.29, 0.717) is 0 Å². The Bertz CT molecular complexity index is 224. The number of hydrogen-bond donors (Lipinski definition) is 1. The quantitative estimate of drug-likeness (QED) is 0.827. The fourth-order valence-electron chi connectivity index (χ4n) is 2.42. The van der Waals surface area contributed by atoms with Crippen molar-refractivity contribution in [2.75, 3.05) is 26.2 Å². The van der Waals surface area contributed by atoms with Gasteiger partial charge >= 0.3 is 6.18 Å². The Hall–Kier alpha value is -0.290. The highest BCUT2D eigenvalue weighted by Crippen LogP contribution is 2.23. The second-order valence-corrected chi connectivity index (χ2v) is 4.91. The summed E-state index contributed by atoms with van der Waals surface area (Å²) in [6.07, 6.45) is -1.88. The largest absolute Gasteiger partial charge is 0.390 e. The highest BCUT2D eigenvalue weighted by Gasteiger charge is 2.33. The number of halogens is 3. The van der Waals surface area contributed by atoms with Crippen molar-refractivity contribution in [1.82, 2.24) is 10.2 Å². The molecule has 5 heteroatoms. The van der Waals surface area contributed by atoms with Crippen molar-refractivity contribution in [1.29, 1.82) is 0 Å². The van der Waals surface area contributed by atoms with E-state index in [9.17, 15) is 13.2 Å². The molecule has 1 aliphatic rings. The van der Waals surface area contributed by atoms with Crippen LogP contribution in [0.15, 0.2) is 0 Å². The first kappa shape index (κ1) is 14.8. The first-order valence-corrected chi connectivity index (χ1v) is 6.45. The lowest BCUT2D eigenvalue weighted by atomic mass is 9.92. The third kappa shape index (κ3) is 4.84. The molecule has 0 aromatic heterocycles. The summed E-state index contributed by atoms with van der Waals surface area (Å²) in [5, 5.41) is 3.50. The highest BCUT2D eigenvalue weighted by molar-refractivity contribution is 4.91. The average molecular weight is 252 g/mol. The van der Waals surface area contributed by atoms with Crippen LogP contribution in [0.3, 0.4) is 0 Å². The minimum Gasteiger partial charge on any atom is -0.310 e. The molecule has 1 N–H and O–H groups in total. The predicted octanol–water partition coefficient (Wildman–Crippen LogP) is 2.79. The van der Waals surface area contributed by atoms with Crippen molar-refractivity contribution in [3.63, 3.8) is 0 Å². The first-order chi connectivity index (χ1) is 7.91. The highest BCUT2D eigenvalue weighted by atomic mass is 19.4. The van der Waals surface area contributed by atoms with Crippen LogP contribution in [0.4, 0.5) is 13.2 Å². The lowest BCUT2D eigenvalue weighted by Crippen LogP contribution is -2.51. The molecule has 0 spiro atoms. The SMILES string of the molecule is CCC1(CC)CN(CCC(F)(F)F)CCCN1.